The standard InChI is InChI=1S/C21H21FN4O3S/c1-13(2)17-12-30-21(24-17)25-20(29)15-5-8-19(28)26(10-15)11-18(27)23-9-14-3-6-16(22)7-4-14/h3-8,10,12-13H,9,11H2,1-2H3,(H,23,27)(H,24,25,29). The molecule has 3 aromatic rings. The lowest BCUT2D eigenvalue weighted by atomic mass is 10.2. The van der Waals surface area contributed by atoms with E-state index in [4.69, 9.17) is 0 Å². The quantitative estimate of drug-likeness (QED) is 0.605. The highest BCUT2D eigenvalue weighted by Crippen LogP contribution is 2.21. The molecule has 30 heavy (non-hydrogen) atoms. The van der Waals surface area contributed by atoms with Crippen molar-refractivity contribution in [2.24, 2.45) is 0 Å². The van der Waals surface area contributed by atoms with Gasteiger partial charge in [-0.3, -0.25) is 19.7 Å². The molecule has 1 aromatic carbocycles. The zero-order valence-corrected chi connectivity index (χ0v) is 17.3. The summed E-state index contributed by atoms with van der Waals surface area (Å²) in [5.41, 5.74) is 1.45. The number of carbonyl (C=O) groups is 2. The summed E-state index contributed by atoms with van der Waals surface area (Å²) in [5.74, 6) is -0.923. The van der Waals surface area contributed by atoms with Crippen LogP contribution in [0.3, 0.4) is 0 Å². The van der Waals surface area contributed by atoms with Gasteiger partial charge in [0.05, 0.1) is 11.3 Å². The van der Waals surface area contributed by atoms with Gasteiger partial charge >= 0.3 is 0 Å². The Labute approximate surface area is 176 Å². The minimum Gasteiger partial charge on any atom is -0.350 e. The summed E-state index contributed by atoms with van der Waals surface area (Å²) in [4.78, 5) is 41.1. The average Bonchev–Trinajstić information content (AvgIpc) is 3.18. The van der Waals surface area contributed by atoms with Gasteiger partial charge in [-0.15, -0.1) is 11.3 Å². The Morgan fingerprint density at radius 3 is 2.57 bits per heavy atom. The van der Waals surface area contributed by atoms with Gasteiger partial charge in [0.1, 0.15) is 12.4 Å². The molecule has 0 saturated carbocycles. The van der Waals surface area contributed by atoms with E-state index in [1.54, 1.807) is 12.1 Å². The molecule has 0 fully saturated rings. The van der Waals surface area contributed by atoms with Crippen LogP contribution in [0.1, 0.15) is 41.4 Å². The van der Waals surface area contributed by atoms with Crippen molar-refractivity contribution in [3.8, 4) is 0 Å². The number of anilines is 1. The third kappa shape index (κ3) is 5.60. The summed E-state index contributed by atoms with van der Waals surface area (Å²) in [7, 11) is 0. The highest BCUT2D eigenvalue weighted by atomic mass is 32.1. The lowest BCUT2D eigenvalue weighted by molar-refractivity contribution is -0.121. The van der Waals surface area contributed by atoms with Crippen molar-refractivity contribution in [2.45, 2.75) is 32.9 Å². The number of amides is 2. The second kappa shape index (κ2) is 9.45. The number of carbonyl (C=O) groups excluding carboxylic acids is 2. The number of benzene rings is 1. The Balaban J connectivity index is 1.63. The summed E-state index contributed by atoms with van der Waals surface area (Å²) >= 11 is 1.33. The largest absolute Gasteiger partial charge is 0.350 e. The molecule has 156 valence electrons. The number of aromatic nitrogens is 2. The van der Waals surface area contributed by atoms with Crippen molar-refractivity contribution < 1.29 is 14.0 Å². The van der Waals surface area contributed by atoms with Crippen LogP contribution >= 0.6 is 11.3 Å². The molecule has 0 radical (unpaired) electrons. The number of pyridine rings is 1. The number of nitrogens with zero attached hydrogens (tertiary/aromatic N) is 2. The summed E-state index contributed by atoms with van der Waals surface area (Å²) in [6, 6.07) is 8.39. The zero-order valence-electron chi connectivity index (χ0n) is 16.5. The van der Waals surface area contributed by atoms with Crippen molar-refractivity contribution >= 4 is 28.3 Å². The maximum atomic E-state index is 12.9. The van der Waals surface area contributed by atoms with Crippen LogP contribution in [0, 0.1) is 5.82 Å². The third-order valence-corrected chi connectivity index (χ3v) is 5.07. The first-order chi connectivity index (χ1) is 14.3. The van der Waals surface area contributed by atoms with Gasteiger partial charge in [-0.25, -0.2) is 9.37 Å². The predicted octanol–water partition coefficient (Wildman–Crippen LogP) is 3.14. The molecule has 9 heteroatoms. The first kappa shape index (κ1) is 21.4. The maximum absolute atomic E-state index is 12.9. The van der Waals surface area contributed by atoms with E-state index >= 15 is 0 Å². The minimum atomic E-state index is -0.417. The van der Waals surface area contributed by atoms with Crippen LogP contribution in [0.5, 0.6) is 0 Å². The van der Waals surface area contributed by atoms with Gasteiger partial charge in [-0.05, 0) is 29.7 Å². The molecule has 0 aliphatic rings. The summed E-state index contributed by atoms with van der Waals surface area (Å²) in [6.07, 6.45) is 1.34. The smallest absolute Gasteiger partial charge is 0.258 e. The molecule has 0 saturated heterocycles. The molecular weight excluding hydrogens is 407 g/mol. The molecule has 2 amide bonds. The van der Waals surface area contributed by atoms with Crippen molar-refractivity contribution in [3.05, 3.63) is 81.0 Å². The molecular formula is C21H21FN4O3S. The lowest BCUT2D eigenvalue weighted by Gasteiger charge is -2.09. The fraction of sp³-hybridized carbons (Fsp3) is 0.238. The van der Waals surface area contributed by atoms with Gasteiger partial charge in [0.2, 0.25) is 5.91 Å². The van der Waals surface area contributed by atoms with Gasteiger partial charge in [0.15, 0.2) is 5.13 Å². The molecule has 0 atom stereocenters. The lowest BCUT2D eigenvalue weighted by Crippen LogP contribution is -2.32. The Bertz CT molecular complexity index is 1110. The number of hydrogen-bond acceptors (Lipinski definition) is 5. The number of thiazole rings is 1. The zero-order chi connectivity index (χ0) is 21.7. The van der Waals surface area contributed by atoms with Crippen molar-refractivity contribution in [2.75, 3.05) is 5.32 Å². The first-order valence-corrected chi connectivity index (χ1v) is 10.2. The third-order valence-electron chi connectivity index (χ3n) is 4.30. The van der Waals surface area contributed by atoms with E-state index in [0.29, 0.717) is 5.13 Å². The van der Waals surface area contributed by atoms with Crippen LogP contribution in [0.2, 0.25) is 0 Å². The Kier molecular flexibility index (Phi) is 6.73. The number of nitrogens with one attached hydrogen (secondary N) is 2. The van der Waals surface area contributed by atoms with E-state index in [9.17, 15) is 18.8 Å². The molecule has 2 heterocycles. The molecule has 0 spiro atoms. The molecule has 2 aromatic heterocycles. The molecule has 0 aliphatic heterocycles. The minimum absolute atomic E-state index is 0.205. The number of rotatable bonds is 7. The Hall–Kier alpha value is -3.33. The monoisotopic (exact) mass is 428 g/mol. The van der Waals surface area contributed by atoms with Crippen LogP contribution in [-0.4, -0.2) is 21.4 Å². The summed E-state index contributed by atoms with van der Waals surface area (Å²) < 4.78 is 14.1. The fourth-order valence-electron chi connectivity index (χ4n) is 2.58. The van der Waals surface area contributed by atoms with Crippen molar-refractivity contribution in [1.29, 1.82) is 0 Å². The van der Waals surface area contributed by atoms with Crippen molar-refractivity contribution in [1.82, 2.24) is 14.9 Å². The fourth-order valence-corrected chi connectivity index (χ4v) is 3.45. The summed E-state index contributed by atoms with van der Waals surface area (Å²) in [6.45, 7) is 3.99. The molecule has 0 bridgehead atoms. The van der Waals surface area contributed by atoms with Crippen LogP contribution < -0.4 is 16.2 Å². The van der Waals surface area contributed by atoms with Gasteiger partial charge in [-0.2, -0.15) is 0 Å². The molecule has 7 nitrogen and oxygen atoms in total. The van der Waals surface area contributed by atoms with E-state index < -0.39 is 17.4 Å². The van der Waals surface area contributed by atoms with Crippen LogP contribution in [0.15, 0.2) is 52.8 Å². The van der Waals surface area contributed by atoms with Gasteiger partial charge in [0.25, 0.3) is 11.5 Å². The topological polar surface area (TPSA) is 93.1 Å². The highest BCUT2D eigenvalue weighted by molar-refractivity contribution is 7.14. The number of hydrogen-bond donors (Lipinski definition) is 2. The molecule has 0 aliphatic carbocycles. The van der Waals surface area contributed by atoms with E-state index in [1.165, 1.54) is 41.8 Å². The molecule has 2 N–H and O–H groups in total. The van der Waals surface area contributed by atoms with Crippen molar-refractivity contribution in [3.63, 3.8) is 0 Å². The maximum Gasteiger partial charge on any atom is 0.258 e. The number of halogens is 1. The predicted molar refractivity (Wildman–Crippen MR) is 113 cm³/mol. The first-order valence-electron chi connectivity index (χ1n) is 9.30. The van der Waals surface area contributed by atoms with Gasteiger partial charge in [-0.1, -0.05) is 26.0 Å². The average molecular weight is 428 g/mol. The normalized spacial score (nSPS) is 10.8. The van der Waals surface area contributed by atoms with E-state index in [2.05, 4.69) is 15.6 Å². The molecule has 0 unspecified atom stereocenters. The van der Waals surface area contributed by atoms with Crippen LogP contribution in [-0.2, 0) is 17.9 Å². The van der Waals surface area contributed by atoms with Gasteiger partial charge < -0.3 is 9.88 Å². The molecule has 3 rings (SSSR count). The second-order valence-electron chi connectivity index (χ2n) is 6.97. The second-order valence-corrected chi connectivity index (χ2v) is 7.83. The Morgan fingerprint density at radius 2 is 1.90 bits per heavy atom. The van der Waals surface area contributed by atoms with Gasteiger partial charge in [0, 0.05) is 24.2 Å². The van der Waals surface area contributed by atoms with Crippen LogP contribution in [0.25, 0.3) is 0 Å². The summed E-state index contributed by atoms with van der Waals surface area (Å²) in [5, 5.41) is 7.72. The van der Waals surface area contributed by atoms with E-state index in [0.717, 1.165) is 15.8 Å². The Morgan fingerprint density at radius 1 is 1.17 bits per heavy atom. The van der Waals surface area contributed by atoms with E-state index in [-0.39, 0.29) is 30.4 Å². The highest BCUT2D eigenvalue weighted by Gasteiger charge is 2.13. The SMILES string of the molecule is CC(C)c1csc(NC(=O)c2ccc(=O)n(CC(=O)NCc3ccc(F)cc3)c2)n1. The van der Waals surface area contributed by atoms with Crippen LogP contribution in [0.4, 0.5) is 9.52 Å². The van der Waals surface area contributed by atoms with E-state index in [1.807, 2.05) is 19.2 Å².